The van der Waals surface area contributed by atoms with Crippen LogP contribution in [0.15, 0.2) is 28.5 Å². The van der Waals surface area contributed by atoms with Crippen LogP contribution >= 0.6 is 34.7 Å². The zero-order chi connectivity index (χ0) is 13.8. The second-order valence-electron chi connectivity index (χ2n) is 3.59. The third-order valence-corrected chi connectivity index (χ3v) is 4.48. The van der Waals surface area contributed by atoms with Crippen molar-refractivity contribution < 1.29 is 4.79 Å². The standard InChI is InChI=1S/C11H11ClN4OS2/c12-8-3-7(1-2-9(8)13)18-4-6-5-19-11(15-6)10(17)16-14/h1-3,5H,4,13-14H2,(H,16,17). The molecule has 0 radical (unpaired) electrons. The Morgan fingerprint density at radius 3 is 3.00 bits per heavy atom. The van der Waals surface area contributed by atoms with Gasteiger partial charge in [0.15, 0.2) is 5.01 Å². The normalized spacial score (nSPS) is 10.4. The number of benzene rings is 1. The molecular weight excluding hydrogens is 304 g/mol. The Balaban J connectivity index is 2.00. The maximum Gasteiger partial charge on any atom is 0.294 e. The molecule has 0 saturated heterocycles. The number of aromatic nitrogens is 1. The van der Waals surface area contributed by atoms with Gasteiger partial charge in [0.1, 0.15) is 0 Å². The Morgan fingerprint density at radius 2 is 2.32 bits per heavy atom. The Hall–Kier alpha value is -1.28. The zero-order valence-corrected chi connectivity index (χ0v) is 12.1. The molecule has 0 spiro atoms. The van der Waals surface area contributed by atoms with Crippen molar-refractivity contribution >= 4 is 46.3 Å². The van der Waals surface area contributed by atoms with Gasteiger partial charge in [-0.3, -0.25) is 10.2 Å². The van der Waals surface area contributed by atoms with E-state index in [1.165, 1.54) is 11.3 Å². The summed E-state index contributed by atoms with van der Waals surface area (Å²) in [6.45, 7) is 0. The summed E-state index contributed by atoms with van der Waals surface area (Å²) in [5.74, 6) is 5.31. The van der Waals surface area contributed by atoms with E-state index in [4.69, 9.17) is 23.2 Å². The van der Waals surface area contributed by atoms with Gasteiger partial charge in [0.2, 0.25) is 0 Å². The molecule has 1 amide bonds. The van der Waals surface area contributed by atoms with Crippen LogP contribution in [0, 0.1) is 0 Å². The molecular formula is C11H11ClN4OS2. The third-order valence-electron chi connectivity index (χ3n) is 2.24. The number of thioether (sulfide) groups is 1. The van der Waals surface area contributed by atoms with Crippen LogP contribution in [0.4, 0.5) is 5.69 Å². The first-order valence-corrected chi connectivity index (χ1v) is 7.47. The van der Waals surface area contributed by atoms with Gasteiger partial charge < -0.3 is 5.73 Å². The third kappa shape index (κ3) is 3.60. The second kappa shape index (κ2) is 6.25. The predicted octanol–water partition coefficient (Wildman–Crippen LogP) is 2.27. The molecule has 1 aromatic heterocycles. The summed E-state index contributed by atoms with van der Waals surface area (Å²) in [6.07, 6.45) is 0. The number of rotatable bonds is 4. The maximum atomic E-state index is 11.3. The summed E-state index contributed by atoms with van der Waals surface area (Å²) < 4.78 is 0. The van der Waals surface area contributed by atoms with Gasteiger partial charge in [-0.05, 0) is 18.2 Å². The number of thiazole rings is 1. The van der Waals surface area contributed by atoms with E-state index in [-0.39, 0.29) is 5.91 Å². The van der Waals surface area contributed by atoms with E-state index in [9.17, 15) is 4.79 Å². The number of nitrogens with one attached hydrogen (secondary N) is 1. The largest absolute Gasteiger partial charge is 0.398 e. The Morgan fingerprint density at radius 1 is 1.53 bits per heavy atom. The molecule has 1 heterocycles. The predicted molar refractivity (Wildman–Crippen MR) is 79.2 cm³/mol. The quantitative estimate of drug-likeness (QED) is 0.265. The molecule has 0 bridgehead atoms. The first kappa shape index (κ1) is 14.1. The van der Waals surface area contributed by atoms with Crippen molar-refractivity contribution in [2.24, 2.45) is 5.84 Å². The van der Waals surface area contributed by atoms with Crippen LogP contribution in [0.5, 0.6) is 0 Å². The Bertz CT molecular complexity index is 602. The number of halogens is 1. The number of nitrogens with two attached hydrogens (primary N) is 2. The Labute approximate surface area is 123 Å². The highest BCUT2D eigenvalue weighted by Gasteiger charge is 2.09. The molecule has 5 nitrogen and oxygen atoms in total. The number of hydrazine groups is 1. The highest BCUT2D eigenvalue weighted by molar-refractivity contribution is 7.98. The van der Waals surface area contributed by atoms with Gasteiger partial charge >= 0.3 is 0 Å². The summed E-state index contributed by atoms with van der Waals surface area (Å²) in [4.78, 5) is 16.4. The number of carbonyl (C=O) groups excluding carboxylic acids is 1. The fourth-order valence-electron chi connectivity index (χ4n) is 1.29. The van der Waals surface area contributed by atoms with Crippen LogP contribution in [-0.2, 0) is 5.75 Å². The van der Waals surface area contributed by atoms with E-state index < -0.39 is 0 Å². The molecule has 0 aliphatic heterocycles. The first-order valence-electron chi connectivity index (χ1n) is 5.23. The summed E-state index contributed by atoms with van der Waals surface area (Å²) in [6, 6.07) is 5.46. The number of nitrogens with zero attached hydrogens (tertiary/aromatic N) is 1. The summed E-state index contributed by atoms with van der Waals surface area (Å²) in [5, 5.41) is 2.72. The number of nitrogen functional groups attached to an aromatic ring is 2. The van der Waals surface area contributed by atoms with Crippen LogP contribution in [0.1, 0.15) is 15.5 Å². The molecule has 0 unspecified atom stereocenters. The highest BCUT2D eigenvalue weighted by atomic mass is 35.5. The van der Waals surface area contributed by atoms with E-state index >= 15 is 0 Å². The topological polar surface area (TPSA) is 94.0 Å². The lowest BCUT2D eigenvalue weighted by atomic mass is 10.3. The van der Waals surface area contributed by atoms with Crippen LogP contribution < -0.4 is 17.0 Å². The van der Waals surface area contributed by atoms with E-state index in [0.29, 0.717) is 21.5 Å². The number of hydrogen-bond donors (Lipinski definition) is 3. The van der Waals surface area contributed by atoms with Crippen molar-refractivity contribution in [3.05, 3.63) is 39.3 Å². The molecule has 100 valence electrons. The average Bonchev–Trinajstić information content (AvgIpc) is 2.88. The van der Waals surface area contributed by atoms with Gasteiger partial charge in [0, 0.05) is 16.0 Å². The molecule has 19 heavy (non-hydrogen) atoms. The molecule has 2 rings (SSSR count). The second-order valence-corrected chi connectivity index (χ2v) is 5.90. The molecule has 0 fully saturated rings. The van der Waals surface area contributed by atoms with Gasteiger partial charge in [-0.25, -0.2) is 10.8 Å². The molecule has 8 heteroatoms. The lowest BCUT2D eigenvalue weighted by molar-refractivity contribution is 0.0953. The molecule has 0 atom stereocenters. The van der Waals surface area contributed by atoms with E-state index in [1.54, 1.807) is 23.9 Å². The monoisotopic (exact) mass is 314 g/mol. The summed E-state index contributed by atoms with van der Waals surface area (Å²) >= 11 is 8.77. The van der Waals surface area contributed by atoms with Gasteiger partial charge in [-0.1, -0.05) is 11.6 Å². The van der Waals surface area contributed by atoms with Crippen molar-refractivity contribution in [3.8, 4) is 0 Å². The number of carbonyl (C=O) groups is 1. The van der Waals surface area contributed by atoms with Crippen molar-refractivity contribution in [3.63, 3.8) is 0 Å². The fraction of sp³-hybridized carbons (Fsp3) is 0.0909. The summed E-state index contributed by atoms with van der Waals surface area (Å²) in [5.41, 5.74) is 9.07. The minimum atomic E-state index is -0.378. The molecule has 0 saturated carbocycles. The maximum absolute atomic E-state index is 11.3. The first-order chi connectivity index (χ1) is 9.10. The van der Waals surface area contributed by atoms with Gasteiger partial charge in [-0.2, -0.15) is 0 Å². The van der Waals surface area contributed by atoms with Gasteiger partial charge in [0.05, 0.1) is 16.4 Å². The van der Waals surface area contributed by atoms with E-state index in [1.807, 2.05) is 11.4 Å². The fourth-order valence-corrected chi connectivity index (χ4v) is 3.19. The smallest absolute Gasteiger partial charge is 0.294 e. The summed E-state index contributed by atoms with van der Waals surface area (Å²) in [7, 11) is 0. The van der Waals surface area contributed by atoms with Crippen molar-refractivity contribution in [2.75, 3.05) is 5.73 Å². The zero-order valence-electron chi connectivity index (χ0n) is 9.72. The average molecular weight is 315 g/mol. The van der Waals surface area contributed by atoms with Gasteiger partial charge in [0.25, 0.3) is 5.91 Å². The minimum Gasteiger partial charge on any atom is -0.398 e. The lowest BCUT2D eigenvalue weighted by Crippen LogP contribution is -2.29. The van der Waals surface area contributed by atoms with Crippen LogP contribution in [-0.4, -0.2) is 10.9 Å². The van der Waals surface area contributed by atoms with Crippen molar-refractivity contribution in [1.29, 1.82) is 0 Å². The van der Waals surface area contributed by atoms with Crippen molar-refractivity contribution in [1.82, 2.24) is 10.4 Å². The number of amides is 1. The highest BCUT2D eigenvalue weighted by Crippen LogP contribution is 2.28. The molecule has 0 aliphatic rings. The molecule has 1 aromatic carbocycles. The van der Waals surface area contributed by atoms with Crippen molar-refractivity contribution in [2.45, 2.75) is 10.6 Å². The van der Waals surface area contributed by atoms with Gasteiger partial charge in [-0.15, -0.1) is 23.1 Å². The SMILES string of the molecule is NNC(=O)c1nc(CSc2ccc(N)c(Cl)c2)cs1. The van der Waals surface area contributed by atoms with Crippen LogP contribution in [0.3, 0.4) is 0 Å². The number of hydrogen-bond acceptors (Lipinski definition) is 6. The Kier molecular flexibility index (Phi) is 4.65. The lowest BCUT2D eigenvalue weighted by Gasteiger charge is -2.02. The minimum absolute atomic E-state index is 0.355. The van der Waals surface area contributed by atoms with E-state index in [0.717, 1.165) is 10.6 Å². The molecule has 0 aliphatic carbocycles. The number of anilines is 1. The molecule has 2 aromatic rings. The van der Waals surface area contributed by atoms with E-state index in [2.05, 4.69) is 10.4 Å². The van der Waals surface area contributed by atoms with Crippen LogP contribution in [0.25, 0.3) is 0 Å². The van der Waals surface area contributed by atoms with Crippen LogP contribution in [0.2, 0.25) is 5.02 Å². The molecule has 5 N–H and O–H groups in total.